The minimum Gasteiger partial charge on any atom is -0.411 e. The molecule has 0 saturated heterocycles. The maximum atomic E-state index is 5.96. The van der Waals surface area contributed by atoms with E-state index in [0.717, 1.165) is 0 Å². The first-order chi connectivity index (χ1) is 6.68. The molecule has 0 aliphatic carbocycles. The van der Waals surface area contributed by atoms with Crippen LogP contribution in [0.5, 0.6) is 0 Å². The van der Waals surface area contributed by atoms with Gasteiger partial charge < -0.3 is 4.42 Å². The van der Waals surface area contributed by atoms with Crippen molar-refractivity contribution in [2.45, 2.75) is 0 Å². The van der Waals surface area contributed by atoms with Crippen LogP contribution in [0, 0.1) is 0 Å². The molecule has 0 fully saturated rings. The summed E-state index contributed by atoms with van der Waals surface area (Å²) >= 11 is 14.9. The number of nitrogens with zero attached hydrogens (tertiary/aromatic N) is 2. The molecule has 0 aliphatic heterocycles. The molecule has 14 heavy (non-hydrogen) atoms. The number of benzene rings is 1. The van der Waals surface area contributed by atoms with Crippen LogP contribution in [0.2, 0.25) is 10.0 Å². The van der Waals surface area contributed by atoms with E-state index in [0.29, 0.717) is 26.3 Å². The largest absolute Gasteiger partial charge is 0.411 e. The number of rotatable bonds is 1. The molecule has 0 amide bonds. The van der Waals surface area contributed by atoms with Crippen molar-refractivity contribution in [2.75, 3.05) is 0 Å². The molecule has 0 bridgehead atoms. The zero-order valence-electron chi connectivity index (χ0n) is 6.67. The van der Waals surface area contributed by atoms with E-state index < -0.39 is 0 Å². The van der Waals surface area contributed by atoms with E-state index in [-0.39, 0.29) is 0 Å². The normalized spacial score (nSPS) is 10.5. The second-order valence-corrected chi connectivity index (χ2v) is 3.93. The van der Waals surface area contributed by atoms with Gasteiger partial charge >= 0.3 is 0 Å². The Labute approximate surface area is 98.2 Å². The molecule has 0 radical (unpaired) electrons. The van der Waals surface area contributed by atoms with Crippen molar-refractivity contribution in [3.05, 3.63) is 33.0 Å². The summed E-state index contributed by atoms with van der Waals surface area (Å²) in [5.74, 6) is 0.337. The van der Waals surface area contributed by atoms with Crippen LogP contribution < -0.4 is 0 Å². The predicted molar refractivity (Wildman–Crippen MR) is 57.5 cm³/mol. The Morgan fingerprint density at radius 3 is 2.64 bits per heavy atom. The molecule has 0 aliphatic rings. The first kappa shape index (κ1) is 9.96. The zero-order valence-corrected chi connectivity index (χ0v) is 9.77. The number of aromatic nitrogens is 2. The van der Waals surface area contributed by atoms with Crippen molar-refractivity contribution in [3.63, 3.8) is 0 Å². The topological polar surface area (TPSA) is 38.9 Å². The van der Waals surface area contributed by atoms with Gasteiger partial charge in [0.25, 0.3) is 4.80 Å². The van der Waals surface area contributed by atoms with E-state index in [9.17, 15) is 0 Å². The van der Waals surface area contributed by atoms with Crippen LogP contribution in [0.4, 0.5) is 0 Å². The van der Waals surface area contributed by atoms with Crippen molar-refractivity contribution < 1.29 is 4.42 Å². The van der Waals surface area contributed by atoms with Gasteiger partial charge in [0.1, 0.15) is 0 Å². The van der Waals surface area contributed by atoms with Crippen LogP contribution in [0.3, 0.4) is 0 Å². The molecule has 0 N–H and O–H groups in total. The zero-order chi connectivity index (χ0) is 10.1. The van der Waals surface area contributed by atoms with E-state index in [1.807, 2.05) is 0 Å². The molecule has 6 heteroatoms. The summed E-state index contributed by atoms with van der Waals surface area (Å²) in [6.07, 6.45) is 0. The Morgan fingerprint density at radius 2 is 2.00 bits per heavy atom. The lowest BCUT2D eigenvalue weighted by atomic mass is 10.2. The van der Waals surface area contributed by atoms with Crippen LogP contribution in [0.15, 0.2) is 27.4 Å². The van der Waals surface area contributed by atoms with E-state index in [1.54, 1.807) is 18.2 Å². The summed E-state index contributed by atoms with van der Waals surface area (Å²) in [4.78, 5) is 0.309. The van der Waals surface area contributed by atoms with Crippen LogP contribution >= 0.6 is 39.1 Å². The Balaban J connectivity index is 2.57. The van der Waals surface area contributed by atoms with E-state index in [2.05, 4.69) is 26.1 Å². The Bertz CT molecular complexity index is 472. The standard InChI is InChI=1S/C8H3BrCl2N2O/c9-8-13-12-7(14-8)4-2-1-3-5(10)6(4)11/h1-3H. The maximum absolute atomic E-state index is 5.96. The van der Waals surface area contributed by atoms with Gasteiger partial charge in [-0.2, -0.15) is 0 Å². The lowest BCUT2D eigenvalue weighted by Gasteiger charge is -1.99. The van der Waals surface area contributed by atoms with E-state index in [4.69, 9.17) is 27.6 Å². The number of hydrogen-bond donors (Lipinski definition) is 0. The van der Waals surface area contributed by atoms with Crippen molar-refractivity contribution in [3.8, 4) is 11.5 Å². The van der Waals surface area contributed by atoms with Gasteiger partial charge in [-0.05, 0) is 12.1 Å². The highest BCUT2D eigenvalue weighted by Crippen LogP contribution is 2.32. The van der Waals surface area contributed by atoms with Crippen LogP contribution in [0.1, 0.15) is 0 Å². The second-order valence-electron chi connectivity index (χ2n) is 2.46. The van der Waals surface area contributed by atoms with Crippen LogP contribution in [0.25, 0.3) is 11.5 Å². The van der Waals surface area contributed by atoms with Crippen molar-refractivity contribution >= 4 is 39.1 Å². The third-order valence-corrected chi connectivity index (χ3v) is 2.72. The van der Waals surface area contributed by atoms with E-state index >= 15 is 0 Å². The maximum Gasteiger partial charge on any atom is 0.285 e. The average molecular weight is 294 g/mol. The highest BCUT2D eigenvalue weighted by Gasteiger charge is 2.12. The summed E-state index contributed by atoms with van der Waals surface area (Å²) in [5, 5.41) is 8.31. The van der Waals surface area contributed by atoms with Gasteiger partial charge in [0, 0.05) is 15.9 Å². The van der Waals surface area contributed by atoms with Crippen LogP contribution in [-0.2, 0) is 0 Å². The summed E-state index contributed by atoms with van der Waals surface area (Å²) in [6, 6.07) is 5.22. The monoisotopic (exact) mass is 292 g/mol. The fraction of sp³-hybridized carbons (Fsp3) is 0. The molecule has 2 aromatic rings. The lowest BCUT2D eigenvalue weighted by molar-refractivity contribution is 0.540. The Hall–Kier alpha value is -0.580. The minimum atomic E-state index is 0.309. The van der Waals surface area contributed by atoms with Gasteiger partial charge in [0.15, 0.2) is 0 Å². The molecular weight excluding hydrogens is 291 g/mol. The molecule has 2 rings (SSSR count). The Morgan fingerprint density at radius 1 is 1.21 bits per heavy atom. The third-order valence-electron chi connectivity index (χ3n) is 1.58. The van der Waals surface area contributed by atoms with Crippen molar-refractivity contribution in [2.24, 2.45) is 0 Å². The summed E-state index contributed by atoms with van der Waals surface area (Å²) in [5.41, 5.74) is 0.623. The minimum absolute atomic E-state index is 0.309. The first-order valence-electron chi connectivity index (χ1n) is 3.62. The molecule has 1 aromatic heterocycles. The predicted octanol–water partition coefficient (Wildman–Crippen LogP) is 3.81. The van der Waals surface area contributed by atoms with E-state index in [1.165, 1.54) is 0 Å². The smallest absolute Gasteiger partial charge is 0.285 e. The summed E-state index contributed by atoms with van der Waals surface area (Å²) < 4.78 is 5.16. The fourth-order valence-electron chi connectivity index (χ4n) is 0.983. The summed E-state index contributed by atoms with van der Waals surface area (Å²) in [6.45, 7) is 0. The molecule has 0 unspecified atom stereocenters. The first-order valence-corrected chi connectivity index (χ1v) is 5.17. The van der Waals surface area contributed by atoms with Gasteiger partial charge in [-0.15, -0.1) is 10.2 Å². The highest BCUT2D eigenvalue weighted by molar-refractivity contribution is 9.10. The quantitative estimate of drug-likeness (QED) is 0.802. The number of hydrogen-bond acceptors (Lipinski definition) is 3. The van der Waals surface area contributed by atoms with Gasteiger partial charge in [0.05, 0.1) is 15.6 Å². The van der Waals surface area contributed by atoms with Crippen molar-refractivity contribution in [1.29, 1.82) is 0 Å². The van der Waals surface area contributed by atoms with Gasteiger partial charge in [0.2, 0.25) is 5.89 Å². The molecular formula is C8H3BrCl2N2O. The lowest BCUT2D eigenvalue weighted by Crippen LogP contribution is -1.80. The SMILES string of the molecule is Clc1cccc(-c2nnc(Br)o2)c1Cl. The fourth-order valence-corrected chi connectivity index (χ4v) is 1.60. The molecule has 0 saturated carbocycles. The third kappa shape index (κ3) is 1.78. The second kappa shape index (κ2) is 3.88. The van der Waals surface area contributed by atoms with Crippen LogP contribution in [-0.4, -0.2) is 10.2 Å². The molecule has 72 valence electrons. The molecule has 0 spiro atoms. The van der Waals surface area contributed by atoms with Crippen molar-refractivity contribution in [1.82, 2.24) is 10.2 Å². The number of halogens is 3. The molecule has 1 heterocycles. The molecule has 1 aromatic carbocycles. The van der Waals surface area contributed by atoms with Gasteiger partial charge in [-0.1, -0.05) is 29.3 Å². The molecule has 0 atom stereocenters. The summed E-state index contributed by atoms with van der Waals surface area (Å²) in [7, 11) is 0. The van der Waals surface area contributed by atoms with Gasteiger partial charge in [-0.25, -0.2) is 0 Å². The molecule has 3 nitrogen and oxygen atoms in total. The highest BCUT2D eigenvalue weighted by atomic mass is 79.9. The Kier molecular flexibility index (Phi) is 2.76. The van der Waals surface area contributed by atoms with Gasteiger partial charge in [-0.3, -0.25) is 0 Å². The average Bonchev–Trinajstić information content (AvgIpc) is 2.57.